The second-order valence-corrected chi connectivity index (χ2v) is 5.55. The fraction of sp³-hybridized carbons (Fsp3) is 0.929. The lowest BCUT2D eigenvalue weighted by Gasteiger charge is -2.33. The molecular formula is C14H27FN2O. The molecule has 0 spiro atoms. The van der Waals surface area contributed by atoms with E-state index < -0.39 is 0 Å². The van der Waals surface area contributed by atoms with Gasteiger partial charge >= 0.3 is 0 Å². The van der Waals surface area contributed by atoms with Gasteiger partial charge in [0.15, 0.2) is 0 Å². The second kappa shape index (κ2) is 8.46. The summed E-state index contributed by atoms with van der Waals surface area (Å²) in [6, 6.07) is 0.301. The molecule has 18 heavy (non-hydrogen) atoms. The average Bonchev–Trinajstić information content (AvgIpc) is 2.35. The van der Waals surface area contributed by atoms with E-state index in [1.807, 2.05) is 13.8 Å². The third kappa shape index (κ3) is 5.80. The highest BCUT2D eigenvalue weighted by atomic mass is 19.1. The zero-order valence-electron chi connectivity index (χ0n) is 11.8. The molecule has 1 saturated heterocycles. The van der Waals surface area contributed by atoms with E-state index in [-0.39, 0.29) is 18.5 Å². The third-order valence-corrected chi connectivity index (χ3v) is 3.48. The lowest BCUT2D eigenvalue weighted by Crippen LogP contribution is -2.48. The minimum absolute atomic E-state index is 0.0601. The van der Waals surface area contributed by atoms with Crippen molar-refractivity contribution in [3.05, 3.63) is 0 Å². The van der Waals surface area contributed by atoms with Gasteiger partial charge in [-0.25, -0.2) is 0 Å². The van der Waals surface area contributed by atoms with E-state index in [1.165, 1.54) is 0 Å². The van der Waals surface area contributed by atoms with Crippen LogP contribution in [0, 0.1) is 5.92 Å². The minimum Gasteiger partial charge on any atom is -0.352 e. The maximum absolute atomic E-state index is 12.0. The van der Waals surface area contributed by atoms with Gasteiger partial charge in [0.25, 0.3) is 0 Å². The van der Waals surface area contributed by atoms with Crippen molar-refractivity contribution in [2.75, 3.05) is 26.3 Å². The van der Waals surface area contributed by atoms with Crippen LogP contribution in [-0.4, -0.2) is 43.2 Å². The summed E-state index contributed by atoms with van der Waals surface area (Å²) in [6.45, 7) is 6.75. The summed E-state index contributed by atoms with van der Waals surface area (Å²) < 4.78 is 12.0. The Morgan fingerprint density at radius 1 is 1.39 bits per heavy atom. The number of unbranched alkanes of at least 4 members (excludes halogenated alkanes) is 2. The first-order chi connectivity index (χ1) is 8.63. The SMILES string of the molecule is CC(C)C(=O)NC1CCCN(CCCCCF)C1. The summed E-state index contributed by atoms with van der Waals surface area (Å²) in [5.74, 6) is 0.212. The summed E-state index contributed by atoms with van der Waals surface area (Å²) in [5, 5.41) is 3.11. The van der Waals surface area contributed by atoms with Gasteiger partial charge in [-0.15, -0.1) is 0 Å². The van der Waals surface area contributed by atoms with Gasteiger partial charge in [0.1, 0.15) is 0 Å². The van der Waals surface area contributed by atoms with Crippen LogP contribution in [0.4, 0.5) is 4.39 Å². The first kappa shape index (κ1) is 15.4. The number of hydrogen-bond donors (Lipinski definition) is 1. The van der Waals surface area contributed by atoms with Crippen molar-refractivity contribution < 1.29 is 9.18 Å². The molecule has 1 aliphatic heterocycles. The van der Waals surface area contributed by atoms with E-state index in [1.54, 1.807) is 0 Å². The predicted molar refractivity (Wildman–Crippen MR) is 72.3 cm³/mol. The van der Waals surface area contributed by atoms with Crippen molar-refractivity contribution in [3.8, 4) is 0 Å². The molecule has 0 radical (unpaired) electrons. The number of carbonyl (C=O) groups excluding carboxylic acids is 1. The van der Waals surface area contributed by atoms with E-state index in [4.69, 9.17) is 0 Å². The van der Waals surface area contributed by atoms with Crippen molar-refractivity contribution in [1.29, 1.82) is 0 Å². The van der Waals surface area contributed by atoms with Crippen LogP contribution < -0.4 is 5.32 Å². The number of amides is 1. The molecule has 0 aliphatic carbocycles. The molecule has 106 valence electrons. The Hall–Kier alpha value is -0.640. The molecule has 4 heteroatoms. The molecule has 1 heterocycles. The predicted octanol–water partition coefficient (Wildman–Crippen LogP) is 2.36. The number of nitrogens with zero attached hydrogens (tertiary/aromatic N) is 1. The van der Waals surface area contributed by atoms with Crippen molar-refractivity contribution in [1.82, 2.24) is 10.2 Å². The highest BCUT2D eigenvalue weighted by molar-refractivity contribution is 5.78. The first-order valence-corrected chi connectivity index (χ1v) is 7.22. The molecule has 1 N–H and O–H groups in total. The molecule has 1 unspecified atom stereocenters. The zero-order valence-corrected chi connectivity index (χ0v) is 11.8. The molecule has 3 nitrogen and oxygen atoms in total. The number of hydrogen-bond acceptors (Lipinski definition) is 2. The molecule has 0 aromatic carbocycles. The molecule has 0 aromatic rings. The monoisotopic (exact) mass is 258 g/mol. The number of rotatable bonds is 7. The van der Waals surface area contributed by atoms with Crippen LogP contribution in [0.15, 0.2) is 0 Å². The Balaban J connectivity index is 2.21. The standard InChI is InChI=1S/C14H27FN2O/c1-12(2)14(18)16-13-7-6-10-17(11-13)9-5-3-4-8-15/h12-13H,3-11H2,1-2H3,(H,16,18). The van der Waals surface area contributed by atoms with Gasteiger partial charge in [-0.3, -0.25) is 9.18 Å². The molecular weight excluding hydrogens is 231 g/mol. The summed E-state index contributed by atoms with van der Waals surface area (Å²) in [6.07, 6.45) is 4.94. The smallest absolute Gasteiger partial charge is 0.222 e. The highest BCUT2D eigenvalue weighted by Crippen LogP contribution is 2.12. The minimum atomic E-state index is -0.201. The summed E-state index contributed by atoms with van der Waals surface area (Å²) in [5.41, 5.74) is 0. The van der Waals surface area contributed by atoms with Gasteiger partial charge in [-0.05, 0) is 45.2 Å². The fourth-order valence-corrected chi connectivity index (χ4v) is 2.35. The Kier molecular flexibility index (Phi) is 7.25. The first-order valence-electron chi connectivity index (χ1n) is 7.22. The van der Waals surface area contributed by atoms with Crippen LogP contribution in [0.25, 0.3) is 0 Å². The highest BCUT2D eigenvalue weighted by Gasteiger charge is 2.21. The van der Waals surface area contributed by atoms with Crippen LogP contribution in [-0.2, 0) is 4.79 Å². The molecule has 1 rings (SSSR count). The summed E-state index contributed by atoms with van der Waals surface area (Å²) in [4.78, 5) is 14.0. The molecule has 0 saturated carbocycles. The average molecular weight is 258 g/mol. The Bertz CT molecular complexity index is 246. The molecule has 0 aromatic heterocycles. The maximum atomic E-state index is 12.0. The van der Waals surface area contributed by atoms with Gasteiger partial charge in [0.05, 0.1) is 6.67 Å². The number of likely N-dealkylation sites (tertiary alicyclic amines) is 1. The van der Waals surface area contributed by atoms with E-state index in [2.05, 4.69) is 10.2 Å². The Labute approximate surface area is 110 Å². The van der Waals surface area contributed by atoms with Crippen molar-refractivity contribution in [2.24, 2.45) is 5.92 Å². The molecule has 1 aliphatic rings. The number of piperidine rings is 1. The fourth-order valence-electron chi connectivity index (χ4n) is 2.35. The summed E-state index contributed by atoms with van der Waals surface area (Å²) in [7, 11) is 0. The maximum Gasteiger partial charge on any atom is 0.222 e. The number of carbonyl (C=O) groups is 1. The van der Waals surface area contributed by atoms with E-state index >= 15 is 0 Å². The largest absolute Gasteiger partial charge is 0.352 e. The lowest BCUT2D eigenvalue weighted by atomic mass is 10.0. The Morgan fingerprint density at radius 3 is 2.83 bits per heavy atom. The van der Waals surface area contributed by atoms with Crippen molar-refractivity contribution in [3.63, 3.8) is 0 Å². The van der Waals surface area contributed by atoms with Gasteiger partial charge in [-0.2, -0.15) is 0 Å². The van der Waals surface area contributed by atoms with Gasteiger partial charge < -0.3 is 10.2 Å². The quantitative estimate of drug-likeness (QED) is 0.711. The van der Waals surface area contributed by atoms with Gasteiger partial charge in [0.2, 0.25) is 5.91 Å². The third-order valence-electron chi connectivity index (χ3n) is 3.48. The number of halogens is 1. The van der Waals surface area contributed by atoms with E-state index in [9.17, 15) is 9.18 Å². The number of alkyl halides is 1. The van der Waals surface area contributed by atoms with Crippen LogP contribution in [0.1, 0.15) is 46.0 Å². The van der Waals surface area contributed by atoms with Gasteiger partial charge in [-0.1, -0.05) is 13.8 Å². The van der Waals surface area contributed by atoms with E-state index in [0.29, 0.717) is 12.5 Å². The molecule has 1 fully saturated rings. The van der Waals surface area contributed by atoms with Gasteiger partial charge in [0, 0.05) is 18.5 Å². The van der Waals surface area contributed by atoms with Crippen molar-refractivity contribution >= 4 is 5.91 Å². The van der Waals surface area contributed by atoms with E-state index in [0.717, 1.165) is 45.3 Å². The van der Waals surface area contributed by atoms with Crippen LogP contribution in [0.2, 0.25) is 0 Å². The number of nitrogens with one attached hydrogen (secondary N) is 1. The van der Waals surface area contributed by atoms with Crippen LogP contribution in [0.3, 0.4) is 0 Å². The second-order valence-electron chi connectivity index (χ2n) is 5.55. The summed E-state index contributed by atoms with van der Waals surface area (Å²) >= 11 is 0. The topological polar surface area (TPSA) is 32.3 Å². The normalized spacial score (nSPS) is 21.2. The molecule has 1 atom stereocenters. The Morgan fingerprint density at radius 2 is 2.17 bits per heavy atom. The zero-order chi connectivity index (χ0) is 13.4. The molecule has 0 bridgehead atoms. The van der Waals surface area contributed by atoms with Crippen molar-refractivity contribution in [2.45, 2.75) is 52.0 Å². The van der Waals surface area contributed by atoms with Crippen LogP contribution in [0.5, 0.6) is 0 Å². The van der Waals surface area contributed by atoms with Crippen LogP contribution >= 0.6 is 0 Å². The molecule has 1 amide bonds. The lowest BCUT2D eigenvalue weighted by molar-refractivity contribution is -0.125.